The number of aromatic nitrogens is 4. The van der Waals surface area contributed by atoms with Crippen LogP contribution in [-0.4, -0.2) is 104 Å². The van der Waals surface area contributed by atoms with Crippen LogP contribution < -0.4 is 16.1 Å². The lowest BCUT2D eigenvalue weighted by Crippen LogP contribution is -2.62. The number of benzene rings is 2. The number of nitrogens with zero attached hydrogens (tertiary/aromatic N) is 6. The molecule has 1 fully saturated rings. The summed E-state index contributed by atoms with van der Waals surface area (Å²) in [7, 11) is 4.79. The first kappa shape index (κ1) is 48.3. The molecule has 0 saturated carbocycles. The third-order valence-electron chi connectivity index (χ3n) is 12.9. The highest BCUT2D eigenvalue weighted by Crippen LogP contribution is 2.42. The monoisotopic (exact) mass is 913 g/mol. The van der Waals surface area contributed by atoms with Crippen molar-refractivity contribution in [2.45, 2.75) is 98.0 Å². The molecule has 4 atom stereocenters. The van der Waals surface area contributed by atoms with Crippen molar-refractivity contribution in [3.05, 3.63) is 102 Å². The molecule has 3 aromatic heterocycles. The van der Waals surface area contributed by atoms with Gasteiger partial charge in [0.25, 0.3) is 11.8 Å². The van der Waals surface area contributed by atoms with Gasteiger partial charge in [-0.25, -0.2) is 10.4 Å². The van der Waals surface area contributed by atoms with Crippen molar-refractivity contribution < 1.29 is 33.4 Å². The van der Waals surface area contributed by atoms with Crippen LogP contribution in [0.25, 0.3) is 33.3 Å². The van der Waals surface area contributed by atoms with Crippen LogP contribution in [0.4, 0.5) is 5.95 Å². The van der Waals surface area contributed by atoms with Crippen LogP contribution in [0.1, 0.15) is 87.8 Å². The largest absolute Gasteiger partial charge is 0.464 e. The van der Waals surface area contributed by atoms with Crippen LogP contribution in [-0.2, 0) is 55.1 Å². The maximum absolute atomic E-state index is 14.7. The van der Waals surface area contributed by atoms with E-state index in [1.807, 2.05) is 51.1 Å². The molecule has 0 unspecified atom stereocenters. The van der Waals surface area contributed by atoms with Gasteiger partial charge in [-0.05, 0) is 91.6 Å². The molecule has 3 N–H and O–H groups in total. The highest BCUT2D eigenvalue weighted by atomic mass is 16.5. The summed E-state index contributed by atoms with van der Waals surface area (Å²) < 4.78 is 15.7. The number of pyridine rings is 1. The third-order valence-corrected chi connectivity index (χ3v) is 12.9. The zero-order chi connectivity index (χ0) is 48.3. The molecule has 67 heavy (non-hydrogen) atoms. The topological polar surface area (TPSA) is 182 Å². The maximum atomic E-state index is 14.7. The zero-order valence-corrected chi connectivity index (χ0v) is 40.0. The minimum atomic E-state index is -1.09. The summed E-state index contributed by atoms with van der Waals surface area (Å²) in [5.41, 5.74) is 10.5. The normalized spacial score (nSPS) is 18.4. The first-order chi connectivity index (χ1) is 32.0. The molecule has 0 spiro atoms. The number of nitrogens with one attached hydrogen (secondary N) is 3. The van der Waals surface area contributed by atoms with E-state index in [0.717, 1.165) is 56.2 Å². The predicted molar refractivity (Wildman–Crippen MR) is 256 cm³/mol. The molecule has 0 radical (unpaired) electrons. The first-order valence-corrected chi connectivity index (χ1v) is 23.0. The quantitative estimate of drug-likeness (QED) is 0.0991. The molecular weight excluding hydrogens is 851 g/mol. The number of hydrogen-bond donors (Lipinski definition) is 3. The third kappa shape index (κ3) is 10.1. The number of likely N-dealkylation sites (N-methyl/N-ethyl adjacent to an activating group) is 1. The Balaban J connectivity index is 1.30. The number of hydrazine groups is 1. The van der Waals surface area contributed by atoms with E-state index in [1.165, 1.54) is 27.7 Å². The van der Waals surface area contributed by atoms with Gasteiger partial charge in [0.05, 0.1) is 30.3 Å². The van der Waals surface area contributed by atoms with Gasteiger partial charge in [0.2, 0.25) is 17.8 Å². The van der Waals surface area contributed by atoms with Gasteiger partial charge in [0, 0.05) is 68.8 Å². The van der Waals surface area contributed by atoms with E-state index in [-0.39, 0.29) is 36.7 Å². The fourth-order valence-electron chi connectivity index (χ4n) is 9.36. The minimum Gasteiger partial charge on any atom is -0.464 e. The summed E-state index contributed by atoms with van der Waals surface area (Å²) >= 11 is 0. The van der Waals surface area contributed by atoms with E-state index in [0.29, 0.717) is 32.4 Å². The van der Waals surface area contributed by atoms with E-state index in [4.69, 9.17) is 14.5 Å². The van der Waals surface area contributed by atoms with Gasteiger partial charge < -0.3 is 28.8 Å². The van der Waals surface area contributed by atoms with E-state index in [9.17, 15) is 24.0 Å². The van der Waals surface area contributed by atoms with Crippen molar-refractivity contribution in [1.29, 1.82) is 0 Å². The number of rotatable bonds is 11. The molecule has 6 bridgehead atoms. The molecule has 354 valence electrons. The highest BCUT2D eigenvalue weighted by Gasteiger charge is 2.38. The van der Waals surface area contributed by atoms with E-state index < -0.39 is 53.1 Å². The first-order valence-electron chi connectivity index (χ1n) is 23.0. The number of anilines is 1. The molecule has 7 rings (SSSR count). The number of esters is 1. The summed E-state index contributed by atoms with van der Waals surface area (Å²) in [6.45, 7) is 16.5. The molecule has 2 aromatic carbocycles. The van der Waals surface area contributed by atoms with Crippen LogP contribution in [0.15, 0.2) is 79.6 Å². The standard InChI is InChI=1S/C51H63N9O7/c1-11-42(61)55-50-53-28-41(57(50)8)48(64)58(9)44(30(3)4)46(62)54-39-25-32-16-13-17-33(24-32)34-20-21-40-36(26-34)37(45(59(40)12-2)35-18-14-22-52-43(35)31(5)66-10)27-51(6,7)29-67-49(65)38-19-15-23-60(56-38)47(39)63/h11,13-14,16-18,20-22,24,26,28,30-31,38-39,44,56H,1,12,15,19,23,25,27,29H2,2-10H3,(H,54,62)(H,53,55,61)/t31-,38-,39-,44-/m0/s1. The van der Waals surface area contributed by atoms with Crippen molar-refractivity contribution in [3.8, 4) is 22.4 Å². The molecule has 4 amide bonds. The van der Waals surface area contributed by atoms with Crippen molar-refractivity contribution in [2.75, 3.05) is 32.6 Å². The second kappa shape index (κ2) is 20.1. The minimum absolute atomic E-state index is 0.113. The van der Waals surface area contributed by atoms with Crippen LogP contribution in [0, 0.1) is 11.3 Å². The second-order valence-electron chi connectivity index (χ2n) is 18.7. The van der Waals surface area contributed by atoms with Crippen LogP contribution in [0.5, 0.6) is 0 Å². The van der Waals surface area contributed by atoms with Crippen molar-refractivity contribution in [2.24, 2.45) is 18.4 Å². The number of methoxy groups -OCH3 is 1. The van der Waals surface area contributed by atoms with E-state index in [2.05, 4.69) is 77.2 Å². The number of hydrogen-bond acceptors (Lipinski definition) is 10. The average molecular weight is 914 g/mol. The van der Waals surface area contributed by atoms with Crippen molar-refractivity contribution in [3.63, 3.8) is 0 Å². The number of cyclic esters (lactones) is 1. The lowest BCUT2D eigenvalue weighted by molar-refractivity contribution is -0.155. The molecule has 5 heterocycles. The van der Waals surface area contributed by atoms with E-state index >= 15 is 0 Å². The average Bonchev–Trinajstić information content (AvgIpc) is 3.83. The summed E-state index contributed by atoms with van der Waals surface area (Å²) in [5.74, 6) is -2.68. The predicted octanol–water partition coefficient (Wildman–Crippen LogP) is 6.40. The summed E-state index contributed by atoms with van der Waals surface area (Å²) in [4.78, 5) is 79.5. The van der Waals surface area contributed by atoms with Gasteiger partial charge in [0.1, 0.15) is 23.8 Å². The molecule has 2 aliphatic rings. The summed E-state index contributed by atoms with van der Waals surface area (Å²) in [6.07, 6.45) is 5.62. The molecule has 2 aliphatic heterocycles. The second-order valence-corrected chi connectivity index (χ2v) is 18.7. The fourth-order valence-corrected chi connectivity index (χ4v) is 9.36. The number of aryl methyl sites for hydroxylation is 1. The van der Waals surface area contributed by atoms with Crippen molar-refractivity contribution >= 4 is 46.4 Å². The summed E-state index contributed by atoms with van der Waals surface area (Å²) in [6, 6.07) is 15.6. The summed E-state index contributed by atoms with van der Waals surface area (Å²) in [5, 5.41) is 8.07. The van der Waals surface area contributed by atoms with E-state index in [1.54, 1.807) is 20.4 Å². The molecule has 16 heteroatoms. The SMILES string of the molecule is C=CC(=O)Nc1ncc(C(=O)N(C)[C@H](C(=O)N[C@H]2Cc3cccc(c3)-c3ccc4c(c3)c(c(-c3cccnc3[C@H](C)OC)n4CC)CC(C)(C)COC(=O)[C@@H]3CCCN(N3)C2=O)C(C)C)n1C. The Morgan fingerprint density at radius 2 is 1.84 bits per heavy atom. The lowest BCUT2D eigenvalue weighted by Gasteiger charge is -2.36. The van der Waals surface area contributed by atoms with Gasteiger partial charge in [-0.1, -0.05) is 64.6 Å². The van der Waals surface area contributed by atoms with Crippen molar-refractivity contribution in [1.82, 2.24) is 39.8 Å². The molecule has 0 aliphatic carbocycles. The zero-order valence-electron chi connectivity index (χ0n) is 40.0. The number of ether oxygens (including phenoxy) is 2. The number of carbonyl (C=O) groups is 5. The smallest absolute Gasteiger partial charge is 0.324 e. The highest BCUT2D eigenvalue weighted by molar-refractivity contribution is 6.00. The van der Waals surface area contributed by atoms with Gasteiger partial charge in [-0.2, -0.15) is 0 Å². The van der Waals surface area contributed by atoms with Gasteiger partial charge in [-0.15, -0.1) is 0 Å². The molecule has 5 aromatic rings. The lowest BCUT2D eigenvalue weighted by atomic mass is 9.84. The maximum Gasteiger partial charge on any atom is 0.324 e. The Morgan fingerprint density at radius 3 is 2.55 bits per heavy atom. The Labute approximate surface area is 392 Å². The number of carbonyl (C=O) groups excluding carboxylic acids is 5. The number of imidazole rings is 1. The Kier molecular flexibility index (Phi) is 14.5. The van der Waals surface area contributed by atoms with Gasteiger partial charge >= 0.3 is 5.97 Å². The molecule has 1 saturated heterocycles. The number of fused-ring (bicyclic) bond motifs is 6. The Bertz CT molecular complexity index is 2700. The number of amides is 4. The Hall–Kier alpha value is -6.65. The van der Waals surface area contributed by atoms with Gasteiger partial charge in [0.15, 0.2) is 0 Å². The van der Waals surface area contributed by atoms with Crippen LogP contribution in [0.2, 0.25) is 0 Å². The van der Waals surface area contributed by atoms with Crippen LogP contribution >= 0.6 is 0 Å². The molecular formula is C51H63N9O7. The fraction of sp³-hybridized carbons (Fsp3) is 0.431. The molecule has 16 nitrogen and oxygen atoms in total. The van der Waals surface area contributed by atoms with Crippen LogP contribution in [0.3, 0.4) is 0 Å². The van der Waals surface area contributed by atoms with Gasteiger partial charge in [-0.3, -0.25) is 39.3 Å². The Morgan fingerprint density at radius 1 is 1.07 bits per heavy atom.